The van der Waals surface area contributed by atoms with Gasteiger partial charge in [-0.3, -0.25) is 9.59 Å². The molecule has 3 aromatic carbocycles. The lowest BCUT2D eigenvalue weighted by atomic mass is 10.0. The van der Waals surface area contributed by atoms with Crippen molar-refractivity contribution >= 4 is 49.3 Å². The lowest BCUT2D eigenvalue weighted by Crippen LogP contribution is -2.15. The zero-order valence-corrected chi connectivity index (χ0v) is 16.6. The number of hydrogen-bond donors (Lipinski definition) is 2. The Balaban J connectivity index is 1.98. The van der Waals surface area contributed by atoms with Gasteiger partial charge >= 0.3 is 0 Å². The molecule has 0 spiro atoms. The molecule has 0 saturated heterocycles. The number of aryl methyl sites for hydroxylation is 1. The molecule has 144 valence electrons. The van der Waals surface area contributed by atoms with Gasteiger partial charge in [-0.2, -0.15) is 0 Å². The predicted octanol–water partition coefficient (Wildman–Crippen LogP) is 4.30. The van der Waals surface area contributed by atoms with Gasteiger partial charge in [-0.05, 0) is 42.3 Å². The minimum atomic E-state index is -0.0349. The highest BCUT2D eigenvalue weighted by Gasteiger charge is 2.15. The average Bonchev–Trinajstić information content (AvgIpc) is 2.72. The van der Waals surface area contributed by atoms with Crippen molar-refractivity contribution in [1.82, 2.24) is 9.97 Å². The molecule has 0 radical (unpaired) electrons. The van der Waals surface area contributed by atoms with E-state index in [2.05, 4.69) is 16.9 Å². The van der Waals surface area contributed by atoms with Crippen LogP contribution in [0.15, 0.2) is 58.1 Å². The summed E-state index contributed by atoms with van der Waals surface area (Å²) >= 11 is 0. The highest BCUT2D eigenvalue weighted by molar-refractivity contribution is 6.05. The van der Waals surface area contributed by atoms with Crippen LogP contribution < -0.4 is 15.8 Å². The smallest absolute Gasteiger partial charge is 0.197 e. The number of para-hydroxylation sites is 1. The van der Waals surface area contributed by atoms with Crippen LogP contribution in [0.3, 0.4) is 0 Å². The number of aromatic nitrogens is 2. The van der Waals surface area contributed by atoms with E-state index in [1.165, 1.54) is 5.56 Å². The third-order valence-electron chi connectivity index (χ3n) is 5.68. The molecule has 5 rings (SSSR count). The molecule has 0 aliphatic carbocycles. The molecule has 5 aromatic rings. The van der Waals surface area contributed by atoms with Crippen LogP contribution in [0.5, 0.6) is 0 Å². The van der Waals surface area contributed by atoms with Crippen LogP contribution in [-0.2, 0) is 6.42 Å². The van der Waals surface area contributed by atoms with Gasteiger partial charge in [-0.25, -0.2) is 0 Å². The Labute approximate surface area is 166 Å². The Morgan fingerprint density at radius 1 is 0.759 bits per heavy atom. The third-order valence-corrected chi connectivity index (χ3v) is 5.68. The largest absolute Gasteiger partial charge is 0.376 e. The number of rotatable bonds is 2. The van der Waals surface area contributed by atoms with Crippen molar-refractivity contribution in [2.75, 3.05) is 19.0 Å². The van der Waals surface area contributed by atoms with Crippen molar-refractivity contribution in [2.24, 2.45) is 0 Å². The van der Waals surface area contributed by atoms with Gasteiger partial charge in [0.05, 0.1) is 22.2 Å². The average molecular weight is 383 g/mol. The zero-order chi connectivity index (χ0) is 20.3. The van der Waals surface area contributed by atoms with Crippen LogP contribution in [0, 0.1) is 0 Å². The van der Waals surface area contributed by atoms with Gasteiger partial charge in [0, 0.05) is 41.2 Å². The number of nitrogens with one attached hydrogen (secondary N) is 2. The number of fused-ring (bicyclic) bond motifs is 4. The van der Waals surface area contributed by atoms with Crippen molar-refractivity contribution < 1.29 is 0 Å². The maximum absolute atomic E-state index is 13.3. The first-order chi connectivity index (χ1) is 14.0. The molecular weight excluding hydrogens is 362 g/mol. The van der Waals surface area contributed by atoms with Gasteiger partial charge in [-0.15, -0.1) is 0 Å². The van der Waals surface area contributed by atoms with Crippen LogP contribution in [-0.4, -0.2) is 24.1 Å². The van der Waals surface area contributed by atoms with Crippen LogP contribution in [0.1, 0.15) is 12.5 Å². The van der Waals surface area contributed by atoms with Gasteiger partial charge in [-0.1, -0.05) is 25.1 Å². The van der Waals surface area contributed by atoms with E-state index in [1.54, 1.807) is 12.1 Å². The Hall–Kier alpha value is -3.60. The van der Waals surface area contributed by atoms with Crippen molar-refractivity contribution in [3.8, 4) is 0 Å². The molecule has 2 heterocycles. The summed E-state index contributed by atoms with van der Waals surface area (Å²) in [6.07, 6.45) is 0.868. The normalized spacial score (nSPS) is 11.7. The minimum Gasteiger partial charge on any atom is -0.376 e. The predicted molar refractivity (Wildman–Crippen MR) is 121 cm³/mol. The third kappa shape index (κ3) is 2.47. The monoisotopic (exact) mass is 383 g/mol. The van der Waals surface area contributed by atoms with E-state index in [1.807, 2.05) is 55.4 Å². The van der Waals surface area contributed by atoms with E-state index in [9.17, 15) is 9.59 Å². The summed E-state index contributed by atoms with van der Waals surface area (Å²) in [4.78, 5) is 35.1. The standard InChI is InChI=1S/C24H21N3O2/c1-4-13-9-10-15-21(22(13)27(2)3)26-20-12-16-19(11-17(20)24(15)29)25-18-8-6-5-7-14(18)23(16)28/h5-12H,4H2,1-3H3,(H,25,28)(H,26,29). The first-order valence-electron chi connectivity index (χ1n) is 9.73. The second kappa shape index (κ2) is 6.21. The molecule has 0 bridgehead atoms. The summed E-state index contributed by atoms with van der Waals surface area (Å²) in [5, 5.41) is 2.44. The van der Waals surface area contributed by atoms with Gasteiger partial charge in [0.1, 0.15) is 0 Å². The van der Waals surface area contributed by atoms with Crippen LogP contribution >= 0.6 is 0 Å². The number of pyridine rings is 2. The minimum absolute atomic E-state index is 0.0320. The van der Waals surface area contributed by atoms with Gasteiger partial charge in [0.25, 0.3) is 0 Å². The Bertz CT molecular complexity index is 1560. The molecule has 2 N–H and O–H groups in total. The molecule has 0 saturated carbocycles. The molecule has 5 nitrogen and oxygen atoms in total. The maximum Gasteiger partial charge on any atom is 0.197 e. The maximum atomic E-state index is 13.3. The van der Waals surface area contributed by atoms with Gasteiger partial charge in [0.15, 0.2) is 10.9 Å². The van der Waals surface area contributed by atoms with Crippen molar-refractivity contribution in [3.05, 3.63) is 74.5 Å². The van der Waals surface area contributed by atoms with Crippen LogP contribution in [0.25, 0.3) is 43.6 Å². The fourth-order valence-corrected chi connectivity index (χ4v) is 4.29. The lowest BCUT2D eigenvalue weighted by molar-refractivity contribution is 1.07. The van der Waals surface area contributed by atoms with Gasteiger partial charge in [0.2, 0.25) is 0 Å². The summed E-state index contributed by atoms with van der Waals surface area (Å²) in [7, 11) is 3.96. The number of aromatic amines is 2. The summed E-state index contributed by atoms with van der Waals surface area (Å²) in [5.74, 6) is 0. The zero-order valence-electron chi connectivity index (χ0n) is 16.6. The van der Waals surface area contributed by atoms with E-state index >= 15 is 0 Å². The van der Waals surface area contributed by atoms with E-state index in [0.717, 1.165) is 23.1 Å². The number of H-pyrrole nitrogens is 2. The van der Waals surface area contributed by atoms with E-state index in [4.69, 9.17) is 0 Å². The second-order valence-electron chi connectivity index (χ2n) is 7.64. The van der Waals surface area contributed by atoms with Crippen molar-refractivity contribution in [3.63, 3.8) is 0 Å². The lowest BCUT2D eigenvalue weighted by Gasteiger charge is -2.20. The first kappa shape index (κ1) is 17.5. The Morgan fingerprint density at radius 3 is 2.10 bits per heavy atom. The van der Waals surface area contributed by atoms with Crippen LogP contribution in [0.4, 0.5) is 5.69 Å². The molecule has 0 atom stereocenters. The number of benzene rings is 3. The Kier molecular flexibility index (Phi) is 3.74. The fraction of sp³-hybridized carbons (Fsp3) is 0.167. The van der Waals surface area contributed by atoms with Crippen molar-refractivity contribution in [2.45, 2.75) is 13.3 Å². The van der Waals surface area contributed by atoms with Crippen molar-refractivity contribution in [1.29, 1.82) is 0 Å². The molecule has 0 amide bonds. The van der Waals surface area contributed by atoms with E-state index in [0.29, 0.717) is 32.6 Å². The number of hydrogen-bond acceptors (Lipinski definition) is 3. The molecule has 0 aliphatic heterocycles. The first-order valence-corrected chi connectivity index (χ1v) is 9.73. The quantitative estimate of drug-likeness (QED) is 0.447. The molecule has 0 fully saturated rings. The SMILES string of the molecule is CCc1ccc2c(=O)c3cc4[nH]c5ccccc5c(=O)c4cc3[nH]c2c1N(C)C. The summed E-state index contributed by atoms with van der Waals surface area (Å²) < 4.78 is 0. The molecule has 0 unspecified atom stereocenters. The summed E-state index contributed by atoms with van der Waals surface area (Å²) in [5.41, 5.74) is 5.03. The highest BCUT2D eigenvalue weighted by atomic mass is 16.1. The molecule has 0 aliphatic rings. The molecule has 5 heteroatoms. The molecule has 2 aromatic heterocycles. The second-order valence-corrected chi connectivity index (χ2v) is 7.64. The summed E-state index contributed by atoms with van der Waals surface area (Å²) in [6, 6.07) is 14.9. The fourth-order valence-electron chi connectivity index (χ4n) is 4.29. The topological polar surface area (TPSA) is 69.0 Å². The Morgan fingerprint density at radius 2 is 1.41 bits per heavy atom. The molecule has 29 heavy (non-hydrogen) atoms. The number of nitrogens with zero attached hydrogens (tertiary/aromatic N) is 1. The van der Waals surface area contributed by atoms with E-state index in [-0.39, 0.29) is 10.9 Å². The van der Waals surface area contributed by atoms with Crippen LogP contribution in [0.2, 0.25) is 0 Å². The highest BCUT2D eigenvalue weighted by Crippen LogP contribution is 2.29. The van der Waals surface area contributed by atoms with Gasteiger partial charge < -0.3 is 14.9 Å². The van der Waals surface area contributed by atoms with E-state index < -0.39 is 0 Å². The molecular formula is C24H21N3O2. The summed E-state index contributed by atoms with van der Waals surface area (Å²) in [6.45, 7) is 2.10. The number of anilines is 1.